The lowest BCUT2D eigenvalue weighted by atomic mass is 10.0. The van der Waals surface area contributed by atoms with Crippen LogP contribution in [-0.4, -0.2) is 49.2 Å². The standard InChI is InChI=1S/C46H87NO4/c1-5-7-9-11-13-15-17-19-21-23-25-29-36-44(49)38-31-27-33-40-45(51-46(50)41-34-42-47(3)4)39-32-26-30-37-43(48)35-28-24-22-20-18-16-14-12-10-8-6-2/h28,35,45H,5-27,29-34,36-42H2,1-4H3/b35-28-. The summed E-state index contributed by atoms with van der Waals surface area (Å²) in [5.41, 5.74) is 0. The molecule has 1 unspecified atom stereocenters. The quantitative estimate of drug-likeness (QED) is 0.0358. The summed E-state index contributed by atoms with van der Waals surface area (Å²) in [6, 6.07) is 0. The van der Waals surface area contributed by atoms with E-state index in [1.165, 1.54) is 128 Å². The van der Waals surface area contributed by atoms with Gasteiger partial charge in [0.25, 0.3) is 0 Å². The predicted molar refractivity (Wildman–Crippen MR) is 221 cm³/mol. The van der Waals surface area contributed by atoms with Gasteiger partial charge in [0.2, 0.25) is 0 Å². The van der Waals surface area contributed by atoms with Crippen LogP contribution in [0.5, 0.6) is 0 Å². The predicted octanol–water partition coefficient (Wildman–Crippen LogP) is 13.8. The highest BCUT2D eigenvalue weighted by molar-refractivity contribution is 5.89. The number of nitrogens with zero attached hydrogens (tertiary/aromatic N) is 1. The Balaban J connectivity index is 4.09. The van der Waals surface area contributed by atoms with Crippen LogP contribution in [0, 0.1) is 0 Å². The molecule has 5 heteroatoms. The third kappa shape index (κ3) is 39.5. The molecule has 1 atom stereocenters. The summed E-state index contributed by atoms with van der Waals surface area (Å²) >= 11 is 0. The van der Waals surface area contributed by atoms with Crippen LogP contribution < -0.4 is 0 Å². The van der Waals surface area contributed by atoms with Gasteiger partial charge in [0.15, 0.2) is 5.78 Å². The van der Waals surface area contributed by atoms with E-state index in [0.717, 1.165) is 83.6 Å². The molecule has 0 radical (unpaired) electrons. The summed E-state index contributed by atoms with van der Waals surface area (Å²) in [5, 5.41) is 0. The smallest absolute Gasteiger partial charge is 0.306 e. The molecular weight excluding hydrogens is 631 g/mol. The fourth-order valence-corrected chi connectivity index (χ4v) is 6.92. The average Bonchev–Trinajstić information content (AvgIpc) is 3.10. The maximum atomic E-state index is 12.6. The molecule has 51 heavy (non-hydrogen) atoms. The Labute approximate surface area is 318 Å². The summed E-state index contributed by atoms with van der Waals surface area (Å²) in [6.07, 6.45) is 43.5. The van der Waals surface area contributed by atoms with E-state index < -0.39 is 0 Å². The molecular formula is C46H87NO4. The molecule has 0 aliphatic rings. The number of hydrogen-bond donors (Lipinski definition) is 0. The van der Waals surface area contributed by atoms with E-state index >= 15 is 0 Å². The monoisotopic (exact) mass is 718 g/mol. The molecule has 0 heterocycles. The number of esters is 1. The number of carbonyl (C=O) groups excluding carboxylic acids is 3. The lowest BCUT2D eigenvalue weighted by Gasteiger charge is -2.18. The van der Waals surface area contributed by atoms with Gasteiger partial charge in [-0.2, -0.15) is 0 Å². The molecule has 0 rings (SSSR count). The van der Waals surface area contributed by atoms with Gasteiger partial charge < -0.3 is 9.64 Å². The van der Waals surface area contributed by atoms with Gasteiger partial charge in [0, 0.05) is 25.7 Å². The van der Waals surface area contributed by atoms with Crippen LogP contribution in [0.25, 0.3) is 0 Å². The summed E-state index contributed by atoms with van der Waals surface area (Å²) in [4.78, 5) is 39.4. The number of rotatable bonds is 41. The van der Waals surface area contributed by atoms with Crippen molar-refractivity contribution in [3.8, 4) is 0 Å². The molecule has 0 aromatic rings. The van der Waals surface area contributed by atoms with Crippen LogP contribution in [0.4, 0.5) is 0 Å². The first kappa shape index (κ1) is 49.5. The van der Waals surface area contributed by atoms with Gasteiger partial charge in [-0.05, 0) is 90.9 Å². The largest absolute Gasteiger partial charge is 0.462 e. The van der Waals surface area contributed by atoms with Gasteiger partial charge in [-0.3, -0.25) is 14.4 Å². The average molecular weight is 718 g/mol. The van der Waals surface area contributed by atoms with Gasteiger partial charge in [-0.1, -0.05) is 155 Å². The van der Waals surface area contributed by atoms with Crippen molar-refractivity contribution in [3.63, 3.8) is 0 Å². The van der Waals surface area contributed by atoms with Crippen LogP contribution in [0.3, 0.4) is 0 Å². The van der Waals surface area contributed by atoms with Crippen LogP contribution >= 0.6 is 0 Å². The van der Waals surface area contributed by atoms with Crippen molar-refractivity contribution in [2.24, 2.45) is 0 Å². The molecule has 0 aliphatic carbocycles. The van der Waals surface area contributed by atoms with Crippen molar-refractivity contribution in [1.82, 2.24) is 4.90 Å². The number of ketones is 2. The number of Topliss-reactive ketones (excluding diaryl/α,β-unsaturated/α-hetero) is 1. The van der Waals surface area contributed by atoms with Crippen molar-refractivity contribution in [2.45, 2.75) is 245 Å². The Hall–Kier alpha value is -1.49. The third-order valence-corrected chi connectivity index (χ3v) is 10.3. The third-order valence-electron chi connectivity index (χ3n) is 10.3. The van der Waals surface area contributed by atoms with Gasteiger partial charge >= 0.3 is 5.97 Å². The molecule has 0 aliphatic heterocycles. The van der Waals surface area contributed by atoms with Crippen molar-refractivity contribution < 1.29 is 19.1 Å². The van der Waals surface area contributed by atoms with E-state index in [9.17, 15) is 14.4 Å². The Morgan fingerprint density at radius 1 is 0.490 bits per heavy atom. The van der Waals surface area contributed by atoms with E-state index in [2.05, 4.69) is 24.8 Å². The molecule has 0 saturated heterocycles. The molecule has 0 aromatic heterocycles. The van der Waals surface area contributed by atoms with Crippen LogP contribution in [-0.2, 0) is 19.1 Å². The maximum absolute atomic E-state index is 12.6. The fraction of sp³-hybridized carbons (Fsp3) is 0.891. The highest BCUT2D eigenvalue weighted by atomic mass is 16.5. The zero-order valence-corrected chi connectivity index (χ0v) is 34.8. The minimum absolute atomic E-state index is 0.0550. The maximum Gasteiger partial charge on any atom is 0.306 e. The van der Waals surface area contributed by atoms with Crippen LogP contribution in [0.2, 0.25) is 0 Å². The minimum Gasteiger partial charge on any atom is -0.462 e. The van der Waals surface area contributed by atoms with Gasteiger partial charge in [0.05, 0.1) is 0 Å². The molecule has 0 bridgehead atoms. The van der Waals surface area contributed by atoms with E-state index in [1.807, 2.05) is 14.1 Å². The molecule has 0 spiro atoms. The Morgan fingerprint density at radius 2 is 0.902 bits per heavy atom. The SMILES string of the molecule is CCCCCCCCCCC/C=C\C(=O)CCCCCC(CCCCCC(=O)CCCCCCCCCCCCCC)OC(=O)CCCN(C)C. The Morgan fingerprint density at radius 3 is 1.37 bits per heavy atom. The van der Waals surface area contributed by atoms with Crippen molar-refractivity contribution in [2.75, 3.05) is 20.6 Å². The van der Waals surface area contributed by atoms with Crippen LogP contribution in [0.1, 0.15) is 239 Å². The Kier molecular flexibility index (Phi) is 38.6. The lowest BCUT2D eigenvalue weighted by Crippen LogP contribution is -2.20. The summed E-state index contributed by atoms with van der Waals surface area (Å²) in [7, 11) is 4.05. The lowest BCUT2D eigenvalue weighted by molar-refractivity contribution is -0.150. The minimum atomic E-state index is -0.0910. The first-order valence-corrected chi connectivity index (χ1v) is 22.4. The number of ether oxygens (including phenoxy) is 1. The number of allylic oxidation sites excluding steroid dienone is 2. The number of unbranched alkanes of at least 4 members (excludes halogenated alkanes) is 24. The second kappa shape index (κ2) is 39.7. The van der Waals surface area contributed by atoms with Gasteiger partial charge in [-0.25, -0.2) is 0 Å². The van der Waals surface area contributed by atoms with E-state index in [1.54, 1.807) is 6.08 Å². The van der Waals surface area contributed by atoms with Crippen molar-refractivity contribution >= 4 is 17.5 Å². The van der Waals surface area contributed by atoms with E-state index in [0.29, 0.717) is 25.0 Å². The summed E-state index contributed by atoms with van der Waals surface area (Å²) in [5.74, 6) is 0.564. The second-order valence-corrected chi connectivity index (χ2v) is 15.9. The highest BCUT2D eigenvalue weighted by Crippen LogP contribution is 2.18. The van der Waals surface area contributed by atoms with Crippen molar-refractivity contribution in [3.05, 3.63) is 12.2 Å². The molecule has 0 saturated carbocycles. The van der Waals surface area contributed by atoms with Gasteiger partial charge in [-0.15, -0.1) is 0 Å². The molecule has 0 amide bonds. The zero-order chi connectivity index (χ0) is 37.5. The molecule has 0 aromatic carbocycles. The first-order chi connectivity index (χ1) is 24.9. The topological polar surface area (TPSA) is 63.7 Å². The first-order valence-electron chi connectivity index (χ1n) is 22.4. The molecule has 0 fully saturated rings. The highest BCUT2D eigenvalue weighted by Gasteiger charge is 2.15. The normalized spacial score (nSPS) is 12.3. The van der Waals surface area contributed by atoms with E-state index in [-0.39, 0.29) is 17.9 Å². The Bertz CT molecular complexity index is 807. The summed E-state index contributed by atoms with van der Waals surface area (Å²) in [6.45, 7) is 5.42. The fourth-order valence-electron chi connectivity index (χ4n) is 6.92. The zero-order valence-electron chi connectivity index (χ0n) is 34.8. The van der Waals surface area contributed by atoms with Crippen LogP contribution in [0.15, 0.2) is 12.2 Å². The molecule has 0 N–H and O–H groups in total. The number of carbonyl (C=O) groups is 3. The number of hydrogen-bond acceptors (Lipinski definition) is 5. The second-order valence-electron chi connectivity index (χ2n) is 15.9. The molecule has 300 valence electrons. The molecule has 5 nitrogen and oxygen atoms in total. The summed E-state index contributed by atoms with van der Waals surface area (Å²) < 4.78 is 5.93. The van der Waals surface area contributed by atoms with Gasteiger partial charge in [0.1, 0.15) is 11.9 Å². The van der Waals surface area contributed by atoms with Crippen molar-refractivity contribution in [1.29, 1.82) is 0 Å². The van der Waals surface area contributed by atoms with E-state index in [4.69, 9.17) is 4.74 Å².